The fourth-order valence-corrected chi connectivity index (χ4v) is 3.43. The molecule has 0 bridgehead atoms. The van der Waals surface area contributed by atoms with Crippen LogP contribution in [0.1, 0.15) is 31.1 Å². The van der Waals surface area contributed by atoms with Crippen LogP contribution in [0.25, 0.3) is 10.2 Å². The van der Waals surface area contributed by atoms with Crippen LogP contribution < -0.4 is 5.43 Å². The Bertz CT molecular complexity index is 857. The Balaban J connectivity index is 2.07. The molecule has 3 aromatic rings. The molecule has 23 heavy (non-hydrogen) atoms. The number of aliphatic hydroxyl groups excluding tert-OH is 1. The SMILES string of the molecule is CC(C)=NNc1nc2c(C(O)c3ccccc3)cc(Cl)cc2s1. The van der Waals surface area contributed by atoms with Gasteiger partial charge in [0.15, 0.2) is 0 Å². The molecule has 2 N–H and O–H groups in total. The summed E-state index contributed by atoms with van der Waals surface area (Å²) in [5, 5.41) is 16.1. The van der Waals surface area contributed by atoms with E-state index in [2.05, 4.69) is 15.5 Å². The van der Waals surface area contributed by atoms with Gasteiger partial charge in [0, 0.05) is 16.3 Å². The lowest BCUT2D eigenvalue weighted by Crippen LogP contribution is -2.00. The maximum Gasteiger partial charge on any atom is 0.204 e. The van der Waals surface area contributed by atoms with Crippen LogP contribution >= 0.6 is 22.9 Å². The van der Waals surface area contributed by atoms with E-state index >= 15 is 0 Å². The van der Waals surface area contributed by atoms with E-state index in [4.69, 9.17) is 11.6 Å². The number of hydrogen-bond acceptors (Lipinski definition) is 5. The molecule has 0 saturated heterocycles. The zero-order valence-corrected chi connectivity index (χ0v) is 14.3. The minimum atomic E-state index is -0.774. The molecule has 3 rings (SSSR count). The predicted molar refractivity (Wildman–Crippen MR) is 97.5 cm³/mol. The van der Waals surface area contributed by atoms with E-state index in [-0.39, 0.29) is 0 Å². The predicted octanol–water partition coefficient (Wildman–Crippen LogP) is 4.84. The fourth-order valence-electron chi connectivity index (χ4n) is 2.25. The van der Waals surface area contributed by atoms with E-state index in [1.165, 1.54) is 11.3 Å². The van der Waals surface area contributed by atoms with Crippen LogP contribution in [-0.2, 0) is 0 Å². The lowest BCUT2D eigenvalue weighted by atomic mass is 10.0. The summed E-state index contributed by atoms with van der Waals surface area (Å²) in [4.78, 5) is 4.55. The van der Waals surface area contributed by atoms with Gasteiger partial charge in [0.1, 0.15) is 6.10 Å². The van der Waals surface area contributed by atoms with Crippen LogP contribution in [0.2, 0.25) is 5.02 Å². The summed E-state index contributed by atoms with van der Waals surface area (Å²) < 4.78 is 0.911. The summed E-state index contributed by atoms with van der Waals surface area (Å²) in [7, 11) is 0. The molecule has 2 aromatic carbocycles. The molecule has 0 aliphatic heterocycles. The largest absolute Gasteiger partial charge is 0.384 e. The Morgan fingerprint density at radius 2 is 2.00 bits per heavy atom. The molecule has 0 aliphatic carbocycles. The van der Waals surface area contributed by atoms with Gasteiger partial charge >= 0.3 is 0 Å². The second-order valence-corrected chi connectivity index (χ2v) is 6.81. The molecular weight excluding hydrogens is 330 g/mol. The average molecular weight is 346 g/mol. The number of rotatable bonds is 4. The number of fused-ring (bicyclic) bond motifs is 1. The number of aromatic nitrogens is 1. The van der Waals surface area contributed by atoms with Crippen molar-refractivity contribution in [2.75, 3.05) is 5.43 Å². The topological polar surface area (TPSA) is 57.5 Å². The van der Waals surface area contributed by atoms with Gasteiger partial charge in [0.2, 0.25) is 5.13 Å². The molecule has 0 amide bonds. The van der Waals surface area contributed by atoms with E-state index in [0.29, 0.717) is 15.7 Å². The van der Waals surface area contributed by atoms with Crippen molar-refractivity contribution in [2.24, 2.45) is 5.10 Å². The fraction of sp³-hybridized carbons (Fsp3) is 0.176. The molecule has 0 saturated carbocycles. The molecular formula is C17H16ClN3OS. The van der Waals surface area contributed by atoms with E-state index in [1.54, 1.807) is 6.07 Å². The zero-order chi connectivity index (χ0) is 16.4. The lowest BCUT2D eigenvalue weighted by Gasteiger charge is -2.12. The highest BCUT2D eigenvalue weighted by Crippen LogP contribution is 2.36. The molecule has 1 atom stereocenters. The number of thiazole rings is 1. The number of anilines is 1. The third-order valence-electron chi connectivity index (χ3n) is 3.27. The van der Waals surface area contributed by atoms with Gasteiger partial charge < -0.3 is 5.11 Å². The first-order valence-electron chi connectivity index (χ1n) is 7.14. The van der Waals surface area contributed by atoms with Gasteiger partial charge in [-0.2, -0.15) is 5.10 Å². The van der Waals surface area contributed by atoms with Gasteiger partial charge in [0.25, 0.3) is 0 Å². The number of benzene rings is 2. The number of hydrogen-bond donors (Lipinski definition) is 2. The lowest BCUT2D eigenvalue weighted by molar-refractivity contribution is 0.221. The van der Waals surface area contributed by atoms with Gasteiger partial charge in [-0.05, 0) is 31.5 Å². The summed E-state index contributed by atoms with van der Waals surface area (Å²) >= 11 is 7.67. The molecule has 6 heteroatoms. The first kappa shape index (κ1) is 15.9. The first-order valence-corrected chi connectivity index (χ1v) is 8.34. The smallest absolute Gasteiger partial charge is 0.204 e. The van der Waals surface area contributed by atoms with E-state index < -0.39 is 6.10 Å². The summed E-state index contributed by atoms with van der Waals surface area (Å²) in [6.45, 7) is 3.81. The Morgan fingerprint density at radius 1 is 1.26 bits per heavy atom. The average Bonchev–Trinajstić information content (AvgIpc) is 2.95. The second kappa shape index (κ2) is 6.66. The van der Waals surface area contributed by atoms with Crippen molar-refractivity contribution in [3.8, 4) is 0 Å². The van der Waals surface area contributed by atoms with Gasteiger partial charge in [0.05, 0.1) is 10.2 Å². The van der Waals surface area contributed by atoms with E-state index in [0.717, 1.165) is 21.5 Å². The van der Waals surface area contributed by atoms with Crippen LogP contribution in [0.5, 0.6) is 0 Å². The molecule has 118 valence electrons. The number of nitrogens with one attached hydrogen (secondary N) is 1. The van der Waals surface area contributed by atoms with Crippen LogP contribution in [0.3, 0.4) is 0 Å². The minimum absolute atomic E-state index is 0.577. The van der Waals surface area contributed by atoms with Crippen LogP contribution in [0, 0.1) is 0 Å². The Labute approximate surface area is 143 Å². The molecule has 1 aromatic heterocycles. The molecule has 0 radical (unpaired) electrons. The monoisotopic (exact) mass is 345 g/mol. The van der Waals surface area contributed by atoms with Crippen molar-refractivity contribution >= 4 is 44.0 Å². The maximum atomic E-state index is 10.7. The normalized spacial score (nSPS) is 12.2. The van der Waals surface area contributed by atoms with Gasteiger partial charge in [-0.25, -0.2) is 4.98 Å². The second-order valence-electron chi connectivity index (χ2n) is 5.34. The Kier molecular flexibility index (Phi) is 4.61. The van der Waals surface area contributed by atoms with Crippen molar-refractivity contribution in [3.63, 3.8) is 0 Å². The summed E-state index contributed by atoms with van der Waals surface area (Å²) in [5.74, 6) is 0. The van der Waals surface area contributed by atoms with Gasteiger partial charge in [-0.3, -0.25) is 5.43 Å². The number of nitrogens with zero attached hydrogens (tertiary/aromatic N) is 2. The van der Waals surface area contributed by atoms with Crippen LogP contribution in [0.4, 0.5) is 5.13 Å². The highest BCUT2D eigenvalue weighted by Gasteiger charge is 2.17. The van der Waals surface area contributed by atoms with Crippen molar-refractivity contribution in [1.82, 2.24) is 4.98 Å². The van der Waals surface area contributed by atoms with E-state index in [1.807, 2.05) is 50.2 Å². The van der Waals surface area contributed by atoms with Crippen molar-refractivity contribution in [3.05, 3.63) is 58.6 Å². The van der Waals surface area contributed by atoms with Gasteiger partial charge in [-0.1, -0.05) is 53.3 Å². The van der Waals surface area contributed by atoms with E-state index in [9.17, 15) is 5.11 Å². The Morgan fingerprint density at radius 3 is 2.70 bits per heavy atom. The molecule has 1 heterocycles. The number of halogens is 1. The third-order valence-corrected chi connectivity index (χ3v) is 4.40. The molecule has 4 nitrogen and oxygen atoms in total. The Hall–Kier alpha value is -1.95. The summed E-state index contributed by atoms with van der Waals surface area (Å²) in [6, 6.07) is 13.1. The highest BCUT2D eigenvalue weighted by atomic mass is 35.5. The minimum Gasteiger partial charge on any atom is -0.384 e. The van der Waals surface area contributed by atoms with Crippen LogP contribution in [-0.4, -0.2) is 15.8 Å². The quantitative estimate of drug-likeness (QED) is 0.525. The van der Waals surface area contributed by atoms with Gasteiger partial charge in [-0.15, -0.1) is 0 Å². The molecule has 0 fully saturated rings. The summed E-state index contributed by atoms with van der Waals surface area (Å²) in [6.07, 6.45) is -0.774. The first-order chi connectivity index (χ1) is 11.0. The standard InChI is InChI=1S/C17H16ClN3OS/c1-10(2)20-21-17-19-15-13(8-12(18)9-14(15)23-17)16(22)11-6-4-3-5-7-11/h3-9,16,22H,1-2H3,(H,19,21). The van der Waals surface area contributed by atoms with Crippen LogP contribution in [0.15, 0.2) is 47.6 Å². The maximum absolute atomic E-state index is 10.7. The number of hydrazone groups is 1. The molecule has 1 unspecified atom stereocenters. The summed E-state index contributed by atoms with van der Waals surface area (Å²) in [5.41, 5.74) is 6.08. The third kappa shape index (κ3) is 3.52. The zero-order valence-electron chi connectivity index (χ0n) is 12.7. The molecule has 0 spiro atoms. The van der Waals surface area contributed by atoms with Crippen molar-refractivity contribution < 1.29 is 5.11 Å². The molecule has 0 aliphatic rings. The van der Waals surface area contributed by atoms with Crippen molar-refractivity contribution in [1.29, 1.82) is 0 Å². The highest BCUT2D eigenvalue weighted by molar-refractivity contribution is 7.22. The van der Waals surface area contributed by atoms with Crippen molar-refractivity contribution in [2.45, 2.75) is 20.0 Å². The number of aliphatic hydroxyl groups is 1.